The molecular formula is C31H31ClN8O5. The van der Waals surface area contributed by atoms with Crippen LogP contribution >= 0.6 is 11.6 Å². The Morgan fingerprint density at radius 1 is 1.04 bits per heavy atom. The summed E-state index contributed by atoms with van der Waals surface area (Å²) < 4.78 is 19.0. The normalized spacial score (nSPS) is 14.0. The molecule has 3 aromatic heterocycles. The first-order chi connectivity index (χ1) is 22.0. The van der Waals surface area contributed by atoms with E-state index in [-0.39, 0.29) is 18.2 Å². The van der Waals surface area contributed by atoms with Crippen LogP contribution in [0.25, 0.3) is 28.1 Å². The average molecular weight is 631 g/mol. The minimum atomic E-state index is -0.560. The lowest BCUT2D eigenvalue weighted by Crippen LogP contribution is -2.23. The van der Waals surface area contributed by atoms with Crippen LogP contribution in [0.1, 0.15) is 30.9 Å². The second-order valence-corrected chi connectivity index (χ2v) is 10.7. The van der Waals surface area contributed by atoms with Crippen molar-refractivity contribution in [2.45, 2.75) is 25.8 Å². The molecule has 0 fully saturated rings. The molecule has 5 aromatic rings. The molecule has 0 radical (unpaired) electrons. The van der Waals surface area contributed by atoms with Crippen molar-refractivity contribution in [3.8, 4) is 28.1 Å². The lowest BCUT2D eigenvalue weighted by Gasteiger charge is -2.15. The number of amides is 1. The fraction of sp³-hybridized carbons (Fsp3) is 0.290. The third-order valence-corrected chi connectivity index (χ3v) is 7.62. The third-order valence-electron chi connectivity index (χ3n) is 7.39. The van der Waals surface area contributed by atoms with Crippen molar-refractivity contribution in [3.05, 3.63) is 94.0 Å². The number of aromatic amines is 1. The van der Waals surface area contributed by atoms with E-state index >= 15 is 0 Å². The summed E-state index contributed by atoms with van der Waals surface area (Å²) in [6.07, 6.45) is 4.12. The van der Waals surface area contributed by atoms with Gasteiger partial charge in [0.15, 0.2) is 0 Å². The molecule has 232 valence electrons. The van der Waals surface area contributed by atoms with E-state index in [9.17, 15) is 9.59 Å². The quantitative estimate of drug-likeness (QED) is 0.187. The fourth-order valence-electron chi connectivity index (χ4n) is 5.32. The maximum Gasteiger partial charge on any atom is 0.411 e. The highest BCUT2D eigenvalue weighted by atomic mass is 35.5. The number of aromatic nitrogens is 7. The summed E-state index contributed by atoms with van der Waals surface area (Å²) in [6.45, 7) is 3.96. The van der Waals surface area contributed by atoms with Crippen molar-refractivity contribution in [2.24, 2.45) is 0 Å². The van der Waals surface area contributed by atoms with Gasteiger partial charge in [0.05, 0.1) is 43.4 Å². The smallest absolute Gasteiger partial charge is 0.411 e. The molecular weight excluding hydrogens is 600 g/mol. The molecule has 1 atom stereocenters. The van der Waals surface area contributed by atoms with E-state index in [0.717, 1.165) is 40.2 Å². The molecule has 14 heteroatoms. The molecule has 4 heterocycles. The Bertz CT molecular complexity index is 1820. The number of nitrogens with one attached hydrogen (secondary N) is 2. The number of carbonyl (C=O) groups is 1. The zero-order valence-corrected chi connectivity index (χ0v) is 25.2. The van der Waals surface area contributed by atoms with E-state index in [1.165, 1.54) is 6.33 Å². The first-order valence-corrected chi connectivity index (χ1v) is 14.9. The number of H-pyrrole nitrogens is 1. The van der Waals surface area contributed by atoms with E-state index in [2.05, 4.69) is 30.8 Å². The van der Waals surface area contributed by atoms with Gasteiger partial charge in [-0.05, 0) is 77.7 Å². The topological polar surface area (TPSA) is 151 Å². The summed E-state index contributed by atoms with van der Waals surface area (Å²) >= 11 is 6.32. The van der Waals surface area contributed by atoms with Crippen LogP contribution in [0.15, 0.2) is 71.9 Å². The number of hydrogen-bond donors (Lipinski definition) is 2. The molecule has 1 aliphatic rings. The molecule has 0 spiro atoms. The molecule has 45 heavy (non-hydrogen) atoms. The van der Waals surface area contributed by atoms with Gasteiger partial charge >= 0.3 is 6.09 Å². The highest BCUT2D eigenvalue weighted by Gasteiger charge is 2.28. The van der Waals surface area contributed by atoms with Crippen LogP contribution in [-0.2, 0) is 20.6 Å². The number of ether oxygens (including phenoxy) is 3. The summed E-state index contributed by atoms with van der Waals surface area (Å²) in [6, 6.07) is 16.1. The molecule has 2 aromatic carbocycles. The molecule has 1 amide bonds. The van der Waals surface area contributed by atoms with Gasteiger partial charge < -0.3 is 23.8 Å². The summed E-state index contributed by atoms with van der Waals surface area (Å²) in [4.78, 5) is 33.6. The van der Waals surface area contributed by atoms with Gasteiger partial charge in [-0.2, -0.15) is 4.68 Å². The maximum absolute atomic E-state index is 13.5. The number of anilines is 1. The Morgan fingerprint density at radius 2 is 1.87 bits per heavy atom. The van der Waals surface area contributed by atoms with Gasteiger partial charge in [0.25, 0.3) is 5.56 Å². The van der Waals surface area contributed by atoms with Crippen molar-refractivity contribution in [3.63, 3.8) is 0 Å². The summed E-state index contributed by atoms with van der Waals surface area (Å²) in [5, 5.41) is 14.7. The van der Waals surface area contributed by atoms with E-state index in [0.29, 0.717) is 49.4 Å². The van der Waals surface area contributed by atoms with Gasteiger partial charge in [-0.3, -0.25) is 10.1 Å². The molecule has 6 rings (SSSR count). The number of nitrogens with zero attached hydrogens (tertiary/aromatic N) is 6. The van der Waals surface area contributed by atoms with Gasteiger partial charge in [-0.25, -0.2) is 9.78 Å². The molecule has 0 aliphatic carbocycles. The summed E-state index contributed by atoms with van der Waals surface area (Å²) in [7, 11) is 0. The van der Waals surface area contributed by atoms with Gasteiger partial charge in [-0.1, -0.05) is 23.7 Å². The first kappa shape index (κ1) is 30.2. The first-order valence-electron chi connectivity index (χ1n) is 14.5. The zero-order chi connectivity index (χ0) is 31.2. The number of tetrazole rings is 1. The van der Waals surface area contributed by atoms with Crippen LogP contribution < -0.4 is 10.9 Å². The Balaban J connectivity index is 1.12. The Kier molecular flexibility index (Phi) is 9.29. The summed E-state index contributed by atoms with van der Waals surface area (Å²) in [5.41, 5.74) is 5.26. The minimum Gasteiger partial charge on any atom is -0.447 e. The number of aryl methyl sites for hydroxylation is 1. The Labute approximate surface area is 263 Å². The maximum atomic E-state index is 13.5. The lowest BCUT2D eigenvalue weighted by atomic mass is 10.0. The molecule has 0 bridgehead atoms. The van der Waals surface area contributed by atoms with Crippen molar-refractivity contribution in [1.82, 2.24) is 34.7 Å². The number of carbonyl (C=O) groups excluding carboxylic acids is 1. The summed E-state index contributed by atoms with van der Waals surface area (Å²) in [5.74, 6) is 0.699. The van der Waals surface area contributed by atoms with Gasteiger partial charge in [0.2, 0.25) is 0 Å². The third kappa shape index (κ3) is 6.95. The average Bonchev–Trinajstić information content (AvgIpc) is 3.83. The van der Waals surface area contributed by atoms with Crippen molar-refractivity contribution in [2.75, 3.05) is 38.4 Å². The van der Waals surface area contributed by atoms with Crippen LogP contribution in [0.5, 0.6) is 0 Å². The van der Waals surface area contributed by atoms with Crippen LogP contribution in [0.4, 0.5) is 10.5 Å². The van der Waals surface area contributed by atoms with E-state index in [4.69, 9.17) is 25.8 Å². The molecule has 0 saturated heterocycles. The number of halogens is 1. The number of rotatable bonds is 12. The number of imidazole rings is 1. The van der Waals surface area contributed by atoms with Crippen LogP contribution in [0.2, 0.25) is 5.02 Å². The van der Waals surface area contributed by atoms with E-state index in [1.807, 2.05) is 31.2 Å². The van der Waals surface area contributed by atoms with Gasteiger partial charge in [0, 0.05) is 34.6 Å². The van der Waals surface area contributed by atoms with Crippen molar-refractivity contribution < 1.29 is 19.0 Å². The van der Waals surface area contributed by atoms with Crippen LogP contribution in [-0.4, -0.2) is 73.9 Å². The zero-order valence-electron chi connectivity index (χ0n) is 24.5. The Morgan fingerprint density at radius 3 is 2.67 bits per heavy atom. The number of pyridine rings is 1. The molecule has 13 nitrogen and oxygen atoms in total. The second kappa shape index (κ2) is 13.8. The van der Waals surface area contributed by atoms with Crippen LogP contribution in [0.3, 0.4) is 0 Å². The fourth-order valence-corrected chi connectivity index (χ4v) is 5.49. The predicted octanol–water partition coefficient (Wildman–Crippen LogP) is 4.67. The number of hydrogen-bond acceptors (Lipinski definition) is 9. The lowest BCUT2D eigenvalue weighted by molar-refractivity contribution is 0.0333. The second-order valence-electron chi connectivity index (χ2n) is 10.2. The van der Waals surface area contributed by atoms with Crippen LogP contribution in [0, 0.1) is 0 Å². The van der Waals surface area contributed by atoms with Gasteiger partial charge in [-0.15, -0.1) is 5.10 Å². The highest BCUT2D eigenvalue weighted by Crippen LogP contribution is 2.34. The van der Waals surface area contributed by atoms with Crippen molar-refractivity contribution in [1.29, 1.82) is 0 Å². The largest absolute Gasteiger partial charge is 0.447 e. The Hall–Kier alpha value is -4.85. The van der Waals surface area contributed by atoms with E-state index < -0.39 is 6.09 Å². The number of benzene rings is 2. The molecule has 0 unspecified atom stereocenters. The highest BCUT2D eigenvalue weighted by molar-refractivity contribution is 6.31. The van der Waals surface area contributed by atoms with Crippen molar-refractivity contribution >= 4 is 23.4 Å². The molecule has 2 N–H and O–H groups in total. The minimum absolute atomic E-state index is 0.134. The standard InChI is InChI=1S/C31H31ClN8O5/c1-2-43-11-12-44-13-14-45-31(42)35-23-6-3-20(4-7-23)26-18-33-30(36-26)28-10-8-24-15-21(16-29(41)40(24)28)25-17-22(32)5-9-27(25)39-19-34-37-38-39/h3-7,9,15-19,28H,2,8,10-14H2,1H3,(H,33,36)(H,35,42)/t28-/m0/s1. The predicted molar refractivity (Wildman–Crippen MR) is 167 cm³/mol. The number of fused-ring (bicyclic) bond motifs is 1. The van der Waals surface area contributed by atoms with Gasteiger partial charge in [0.1, 0.15) is 18.8 Å². The SMILES string of the molecule is CCOCCOCCOC(=O)Nc1ccc(-c2cnc([C@@H]3CCc4cc(-c5cc(Cl)ccc5-n5cnnn5)cc(=O)n43)[nH]2)cc1. The van der Waals surface area contributed by atoms with E-state index in [1.54, 1.807) is 45.8 Å². The monoisotopic (exact) mass is 630 g/mol. The molecule has 1 aliphatic heterocycles. The molecule has 0 saturated carbocycles.